The Kier molecular flexibility index (Phi) is 6.99. The van der Waals surface area contributed by atoms with Gasteiger partial charge in [0.2, 0.25) is 0 Å². The monoisotopic (exact) mass is 398 g/mol. The molecule has 0 atom stereocenters. The van der Waals surface area contributed by atoms with E-state index < -0.39 is 11.7 Å². The first-order valence-corrected chi connectivity index (χ1v) is 10.1. The number of carbonyl (C=O) groups is 1. The zero-order valence-electron chi connectivity index (χ0n) is 17.4. The lowest BCUT2D eigenvalue weighted by Crippen LogP contribution is -2.49. The van der Waals surface area contributed by atoms with Gasteiger partial charge in [0.1, 0.15) is 29.8 Å². The minimum Gasteiger partial charge on any atom is -0.490 e. The van der Waals surface area contributed by atoms with Crippen molar-refractivity contribution in [1.29, 1.82) is 0 Å². The molecule has 1 heterocycles. The Hall–Kier alpha value is -2.73. The van der Waals surface area contributed by atoms with E-state index >= 15 is 0 Å². The molecule has 2 aromatic rings. The SMILES string of the molecule is CC(C)(C)OC(=O)NN1CCC(Oc2ccc(OCc3ccccc3)cc2)CC1. The van der Waals surface area contributed by atoms with Crippen molar-refractivity contribution >= 4 is 6.09 Å². The van der Waals surface area contributed by atoms with Gasteiger partial charge in [-0.15, -0.1) is 0 Å². The van der Waals surface area contributed by atoms with Gasteiger partial charge in [-0.1, -0.05) is 30.3 Å². The topological polar surface area (TPSA) is 60.0 Å². The lowest BCUT2D eigenvalue weighted by atomic mass is 10.1. The van der Waals surface area contributed by atoms with Gasteiger partial charge in [-0.2, -0.15) is 0 Å². The highest BCUT2D eigenvalue weighted by molar-refractivity contribution is 5.67. The number of nitrogens with one attached hydrogen (secondary N) is 1. The molecule has 0 unspecified atom stereocenters. The van der Waals surface area contributed by atoms with Crippen LogP contribution in [0.2, 0.25) is 0 Å². The maximum atomic E-state index is 11.9. The van der Waals surface area contributed by atoms with Crippen molar-refractivity contribution in [2.45, 2.75) is 51.9 Å². The minimum absolute atomic E-state index is 0.128. The summed E-state index contributed by atoms with van der Waals surface area (Å²) < 4.78 is 17.2. The molecule has 1 aliphatic rings. The van der Waals surface area contributed by atoms with Crippen LogP contribution in [0.15, 0.2) is 54.6 Å². The quantitative estimate of drug-likeness (QED) is 0.774. The van der Waals surface area contributed by atoms with Crippen molar-refractivity contribution in [3.05, 3.63) is 60.2 Å². The second-order valence-electron chi connectivity index (χ2n) is 8.16. The van der Waals surface area contributed by atoms with Crippen molar-refractivity contribution < 1.29 is 19.0 Å². The molecule has 1 aliphatic heterocycles. The zero-order valence-corrected chi connectivity index (χ0v) is 17.4. The summed E-state index contributed by atoms with van der Waals surface area (Å²) in [6.07, 6.45) is 1.38. The van der Waals surface area contributed by atoms with Gasteiger partial charge >= 0.3 is 6.09 Å². The Morgan fingerprint density at radius 1 is 1.00 bits per heavy atom. The van der Waals surface area contributed by atoms with Crippen LogP contribution in [0.25, 0.3) is 0 Å². The Morgan fingerprint density at radius 2 is 1.62 bits per heavy atom. The third kappa shape index (κ3) is 7.31. The molecule has 6 heteroatoms. The molecule has 1 N–H and O–H groups in total. The van der Waals surface area contributed by atoms with Crippen LogP contribution < -0.4 is 14.9 Å². The molecule has 1 saturated heterocycles. The predicted octanol–water partition coefficient (Wildman–Crippen LogP) is 4.55. The average molecular weight is 399 g/mol. The molecule has 1 amide bonds. The maximum Gasteiger partial charge on any atom is 0.422 e. The van der Waals surface area contributed by atoms with E-state index in [9.17, 15) is 4.79 Å². The summed E-state index contributed by atoms with van der Waals surface area (Å²) in [5.41, 5.74) is 3.44. The van der Waals surface area contributed by atoms with Crippen LogP contribution in [0.5, 0.6) is 11.5 Å². The van der Waals surface area contributed by atoms with Gasteiger partial charge in [0.25, 0.3) is 0 Å². The summed E-state index contributed by atoms with van der Waals surface area (Å²) in [6, 6.07) is 17.8. The molecule has 6 nitrogen and oxygen atoms in total. The van der Waals surface area contributed by atoms with Gasteiger partial charge in [0.15, 0.2) is 0 Å². The molecular formula is C23H30N2O4. The van der Waals surface area contributed by atoms with E-state index in [1.807, 2.05) is 80.4 Å². The second kappa shape index (κ2) is 9.65. The second-order valence-corrected chi connectivity index (χ2v) is 8.16. The Morgan fingerprint density at radius 3 is 2.24 bits per heavy atom. The summed E-state index contributed by atoms with van der Waals surface area (Å²) >= 11 is 0. The molecule has 0 aliphatic carbocycles. The summed E-state index contributed by atoms with van der Waals surface area (Å²) in [7, 11) is 0. The number of piperidine rings is 1. The fourth-order valence-corrected chi connectivity index (χ4v) is 3.06. The third-order valence-corrected chi connectivity index (χ3v) is 4.47. The highest BCUT2D eigenvalue weighted by atomic mass is 16.6. The van der Waals surface area contributed by atoms with Gasteiger partial charge in [-0.05, 0) is 63.4 Å². The average Bonchev–Trinajstić information content (AvgIpc) is 2.68. The standard InChI is InChI=1S/C23H30N2O4/c1-23(2,3)29-22(26)24-25-15-13-21(14-16-25)28-20-11-9-19(10-12-20)27-17-18-7-5-4-6-8-18/h4-12,21H,13-17H2,1-3H3,(H,24,26). The molecular weight excluding hydrogens is 368 g/mol. The molecule has 3 rings (SSSR count). The Labute approximate surface area is 172 Å². The lowest BCUT2D eigenvalue weighted by Gasteiger charge is -2.32. The normalized spacial score (nSPS) is 15.6. The van der Waals surface area contributed by atoms with Crippen LogP contribution in [0.3, 0.4) is 0 Å². The summed E-state index contributed by atoms with van der Waals surface area (Å²) in [5, 5.41) is 1.88. The van der Waals surface area contributed by atoms with E-state index in [1.165, 1.54) is 0 Å². The van der Waals surface area contributed by atoms with Gasteiger partial charge in [-0.25, -0.2) is 9.80 Å². The summed E-state index contributed by atoms with van der Waals surface area (Å²) in [4.78, 5) is 11.9. The molecule has 1 fully saturated rings. The van der Waals surface area contributed by atoms with Crippen LogP contribution in [0, 0.1) is 0 Å². The molecule has 0 radical (unpaired) electrons. The molecule has 0 aromatic heterocycles. The number of ether oxygens (including phenoxy) is 3. The van der Waals surface area contributed by atoms with E-state index in [2.05, 4.69) is 5.43 Å². The summed E-state index contributed by atoms with van der Waals surface area (Å²) in [6.45, 7) is 7.55. The Bertz CT molecular complexity index is 764. The van der Waals surface area contributed by atoms with Crippen molar-refractivity contribution in [3.63, 3.8) is 0 Å². The van der Waals surface area contributed by atoms with Gasteiger partial charge < -0.3 is 14.2 Å². The van der Waals surface area contributed by atoms with Gasteiger partial charge in [0, 0.05) is 13.1 Å². The minimum atomic E-state index is -0.498. The first-order valence-electron chi connectivity index (χ1n) is 10.1. The number of nitrogens with zero attached hydrogens (tertiary/aromatic N) is 1. The molecule has 0 saturated carbocycles. The van der Waals surface area contributed by atoms with E-state index in [1.54, 1.807) is 0 Å². The van der Waals surface area contributed by atoms with Gasteiger partial charge in [-0.3, -0.25) is 5.43 Å². The predicted molar refractivity (Wildman–Crippen MR) is 112 cm³/mol. The van der Waals surface area contributed by atoms with E-state index in [4.69, 9.17) is 14.2 Å². The number of rotatable bonds is 6. The van der Waals surface area contributed by atoms with Crippen molar-refractivity contribution in [2.75, 3.05) is 13.1 Å². The third-order valence-electron chi connectivity index (χ3n) is 4.47. The fraction of sp³-hybridized carbons (Fsp3) is 0.435. The van der Waals surface area contributed by atoms with Crippen molar-refractivity contribution in [1.82, 2.24) is 10.4 Å². The first-order chi connectivity index (χ1) is 13.9. The van der Waals surface area contributed by atoms with Gasteiger partial charge in [0.05, 0.1) is 0 Å². The number of hydrogen-bond acceptors (Lipinski definition) is 5. The van der Waals surface area contributed by atoms with Crippen molar-refractivity contribution in [2.24, 2.45) is 0 Å². The summed E-state index contributed by atoms with van der Waals surface area (Å²) in [5.74, 6) is 1.65. The lowest BCUT2D eigenvalue weighted by molar-refractivity contribution is 0.0192. The highest BCUT2D eigenvalue weighted by Gasteiger charge is 2.24. The molecule has 156 valence electrons. The van der Waals surface area contributed by atoms with Crippen LogP contribution in [0.4, 0.5) is 4.79 Å². The molecule has 2 aromatic carbocycles. The number of amides is 1. The number of carbonyl (C=O) groups excluding carboxylic acids is 1. The van der Waals surface area contributed by atoms with Crippen molar-refractivity contribution in [3.8, 4) is 11.5 Å². The number of hydrogen-bond donors (Lipinski definition) is 1. The zero-order chi connectivity index (χ0) is 20.7. The maximum absolute atomic E-state index is 11.9. The smallest absolute Gasteiger partial charge is 0.422 e. The van der Waals surface area contributed by atoms with Crippen LogP contribution in [-0.2, 0) is 11.3 Å². The molecule has 29 heavy (non-hydrogen) atoms. The fourth-order valence-electron chi connectivity index (χ4n) is 3.06. The first kappa shape index (κ1) is 21.0. The molecule has 0 spiro atoms. The van der Waals surface area contributed by atoms with Crippen LogP contribution in [-0.4, -0.2) is 35.9 Å². The largest absolute Gasteiger partial charge is 0.490 e. The van der Waals surface area contributed by atoms with E-state index in [0.29, 0.717) is 6.61 Å². The molecule has 0 bridgehead atoms. The van der Waals surface area contributed by atoms with Crippen LogP contribution in [0.1, 0.15) is 39.2 Å². The van der Waals surface area contributed by atoms with E-state index in [-0.39, 0.29) is 6.10 Å². The van der Waals surface area contributed by atoms with Crippen LogP contribution >= 0.6 is 0 Å². The highest BCUT2D eigenvalue weighted by Crippen LogP contribution is 2.22. The van der Waals surface area contributed by atoms with E-state index in [0.717, 1.165) is 43.0 Å². The number of hydrazine groups is 1. The number of benzene rings is 2. The Balaban J connectivity index is 1.39.